The van der Waals surface area contributed by atoms with Crippen LogP contribution in [0.1, 0.15) is 11.4 Å². The summed E-state index contributed by atoms with van der Waals surface area (Å²) in [4.78, 5) is 8.30. The van der Waals surface area contributed by atoms with Gasteiger partial charge in [0.2, 0.25) is 0 Å². The Hall–Kier alpha value is -1.81. The van der Waals surface area contributed by atoms with Crippen LogP contribution in [-0.2, 0) is 6.61 Å². The van der Waals surface area contributed by atoms with E-state index in [0.717, 1.165) is 17.1 Å². The summed E-state index contributed by atoms with van der Waals surface area (Å²) in [5.41, 5.74) is 1.70. The maximum atomic E-state index is 5.69. The third-order valence-electron chi connectivity index (χ3n) is 2.30. The number of ether oxygens (including phenoxy) is 2. The predicted octanol–water partition coefficient (Wildman–Crippen LogP) is 3.03. The van der Waals surface area contributed by atoms with Crippen LogP contribution in [0.25, 0.3) is 0 Å². The van der Waals surface area contributed by atoms with Crippen LogP contribution in [0.4, 0.5) is 0 Å². The Bertz CT molecular complexity index is 529. The highest BCUT2D eigenvalue weighted by Gasteiger charge is 2.02. The number of pyridine rings is 2. The molecule has 0 aliphatic carbocycles. The van der Waals surface area contributed by atoms with E-state index in [4.69, 9.17) is 21.1 Å². The summed E-state index contributed by atoms with van der Waals surface area (Å²) in [6.07, 6.45) is 1.58. The van der Waals surface area contributed by atoms with E-state index in [1.807, 2.05) is 19.1 Å². The van der Waals surface area contributed by atoms with Gasteiger partial charge >= 0.3 is 0 Å². The molecule has 0 spiro atoms. The summed E-state index contributed by atoms with van der Waals surface area (Å²) in [5.74, 6) is 1.43. The van der Waals surface area contributed by atoms with Crippen LogP contribution in [0, 0.1) is 6.92 Å². The number of hydrogen-bond donors (Lipinski definition) is 0. The predicted molar refractivity (Wildman–Crippen MR) is 69.1 cm³/mol. The Morgan fingerprint density at radius 1 is 1.22 bits per heavy atom. The molecule has 2 aromatic rings. The lowest BCUT2D eigenvalue weighted by Gasteiger charge is -2.08. The summed E-state index contributed by atoms with van der Waals surface area (Å²) < 4.78 is 10.7. The second-order valence-corrected chi connectivity index (χ2v) is 4.13. The average molecular weight is 265 g/mol. The van der Waals surface area contributed by atoms with Crippen LogP contribution in [0.5, 0.6) is 11.5 Å². The monoisotopic (exact) mass is 264 g/mol. The second-order valence-electron chi connectivity index (χ2n) is 3.74. The minimum absolute atomic E-state index is 0.362. The zero-order valence-electron chi connectivity index (χ0n) is 10.2. The molecular formula is C13H13ClN2O2. The molecule has 0 saturated carbocycles. The molecule has 4 nitrogen and oxygen atoms in total. The molecule has 18 heavy (non-hydrogen) atoms. The molecule has 0 amide bonds. The first kappa shape index (κ1) is 12.6. The molecular weight excluding hydrogens is 252 g/mol. The van der Waals surface area contributed by atoms with Crippen molar-refractivity contribution in [1.82, 2.24) is 9.97 Å². The maximum Gasteiger partial charge on any atom is 0.138 e. The van der Waals surface area contributed by atoms with E-state index in [1.165, 1.54) is 0 Å². The summed E-state index contributed by atoms with van der Waals surface area (Å²) in [5, 5.41) is 0.442. The van der Waals surface area contributed by atoms with Gasteiger partial charge in [-0.25, -0.2) is 4.98 Å². The highest BCUT2D eigenvalue weighted by Crippen LogP contribution is 2.16. The van der Waals surface area contributed by atoms with Gasteiger partial charge in [0.1, 0.15) is 23.3 Å². The van der Waals surface area contributed by atoms with Crippen LogP contribution in [0.15, 0.2) is 30.5 Å². The number of halogens is 1. The van der Waals surface area contributed by atoms with Crippen LogP contribution < -0.4 is 9.47 Å². The van der Waals surface area contributed by atoms with Crippen LogP contribution >= 0.6 is 11.6 Å². The van der Waals surface area contributed by atoms with E-state index >= 15 is 0 Å². The van der Waals surface area contributed by atoms with Gasteiger partial charge in [-0.05, 0) is 19.1 Å². The van der Waals surface area contributed by atoms with Gasteiger partial charge in [0.25, 0.3) is 0 Å². The molecule has 0 atom stereocenters. The van der Waals surface area contributed by atoms with Gasteiger partial charge < -0.3 is 9.47 Å². The Morgan fingerprint density at radius 3 is 2.72 bits per heavy atom. The molecule has 0 aliphatic heterocycles. The summed E-state index contributed by atoms with van der Waals surface area (Å²) in [7, 11) is 1.63. The number of aromatic nitrogens is 2. The fourth-order valence-corrected chi connectivity index (χ4v) is 1.61. The lowest BCUT2D eigenvalue weighted by atomic mass is 10.3. The molecule has 5 heteroatoms. The lowest BCUT2D eigenvalue weighted by molar-refractivity contribution is 0.298. The lowest BCUT2D eigenvalue weighted by Crippen LogP contribution is -2.00. The van der Waals surface area contributed by atoms with Crippen molar-refractivity contribution < 1.29 is 9.47 Å². The van der Waals surface area contributed by atoms with E-state index in [9.17, 15) is 0 Å². The van der Waals surface area contributed by atoms with Crippen molar-refractivity contribution in [2.75, 3.05) is 7.11 Å². The smallest absolute Gasteiger partial charge is 0.138 e. The van der Waals surface area contributed by atoms with Crippen molar-refractivity contribution >= 4 is 11.6 Å². The van der Waals surface area contributed by atoms with Crippen molar-refractivity contribution in [3.8, 4) is 11.5 Å². The first-order valence-electron chi connectivity index (χ1n) is 5.43. The standard InChI is InChI=1S/C13H13ClN2O2/c1-9-5-12(17-2)6-10(16-9)8-18-11-3-4-13(14)15-7-11/h3-7H,8H2,1-2H3. The van der Waals surface area contributed by atoms with Crippen molar-refractivity contribution in [2.24, 2.45) is 0 Å². The van der Waals surface area contributed by atoms with E-state index < -0.39 is 0 Å². The number of hydrogen-bond acceptors (Lipinski definition) is 4. The molecule has 0 radical (unpaired) electrons. The van der Waals surface area contributed by atoms with E-state index in [-0.39, 0.29) is 0 Å². The molecule has 2 rings (SSSR count). The van der Waals surface area contributed by atoms with Crippen molar-refractivity contribution in [3.05, 3.63) is 47.0 Å². The Labute approximate surface area is 111 Å². The van der Waals surface area contributed by atoms with Gasteiger partial charge in [-0.2, -0.15) is 0 Å². The van der Waals surface area contributed by atoms with E-state index in [2.05, 4.69) is 9.97 Å². The number of nitrogens with zero attached hydrogens (tertiary/aromatic N) is 2. The van der Waals surface area contributed by atoms with Crippen molar-refractivity contribution in [2.45, 2.75) is 13.5 Å². The fraction of sp³-hybridized carbons (Fsp3) is 0.231. The zero-order chi connectivity index (χ0) is 13.0. The molecule has 0 fully saturated rings. The Kier molecular flexibility index (Phi) is 3.99. The summed E-state index contributed by atoms with van der Waals surface area (Å²) in [6.45, 7) is 2.28. The van der Waals surface area contributed by atoms with E-state index in [1.54, 1.807) is 25.4 Å². The second kappa shape index (κ2) is 5.69. The molecule has 0 bridgehead atoms. The maximum absolute atomic E-state index is 5.69. The molecule has 0 N–H and O–H groups in total. The molecule has 0 saturated heterocycles. The highest BCUT2D eigenvalue weighted by atomic mass is 35.5. The van der Waals surface area contributed by atoms with Crippen molar-refractivity contribution in [1.29, 1.82) is 0 Å². The molecule has 2 heterocycles. The van der Waals surface area contributed by atoms with Crippen LogP contribution in [-0.4, -0.2) is 17.1 Å². The number of methoxy groups -OCH3 is 1. The zero-order valence-corrected chi connectivity index (χ0v) is 10.9. The minimum atomic E-state index is 0.362. The van der Waals surface area contributed by atoms with Gasteiger partial charge in [-0.15, -0.1) is 0 Å². The Balaban J connectivity index is 2.05. The highest BCUT2D eigenvalue weighted by molar-refractivity contribution is 6.29. The molecule has 2 aromatic heterocycles. The topological polar surface area (TPSA) is 44.2 Å². The van der Waals surface area contributed by atoms with Crippen LogP contribution in [0.3, 0.4) is 0 Å². The summed E-state index contributed by atoms with van der Waals surface area (Å²) >= 11 is 5.69. The SMILES string of the molecule is COc1cc(C)nc(COc2ccc(Cl)nc2)c1. The normalized spacial score (nSPS) is 10.2. The molecule has 0 unspecified atom stereocenters. The third kappa shape index (κ3) is 3.34. The van der Waals surface area contributed by atoms with Crippen molar-refractivity contribution in [3.63, 3.8) is 0 Å². The van der Waals surface area contributed by atoms with Gasteiger partial charge in [-0.3, -0.25) is 4.98 Å². The molecule has 94 valence electrons. The van der Waals surface area contributed by atoms with Gasteiger partial charge in [0.15, 0.2) is 0 Å². The van der Waals surface area contributed by atoms with Gasteiger partial charge in [0, 0.05) is 17.8 Å². The van der Waals surface area contributed by atoms with Gasteiger partial charge in [-0.1, -0.05) is 11.6 Å². The number of aryl methyl sites for hydroxylation is 1. The number of rotatable bonds is 4. The molecule has 0 aliphatic rings. The fourth-order valence-electron chi connectivity index (χ4n) is 1.50. The largest absolute Gasteiger partial charge is 0.497 e. The first-order chi connectivity index (χ1) is 8.67. The minimum Gasteiger partial charge on any atom is -0.497 e. The first-order valence-corrected chi connectivity index (χ1v) is 5.81. The quantitative estimate of drug-likeness (QED) is 0.796. The van der Waals surface area contributed by atoms with Crippen LogP contribution in [0.2, 0.25) is 5.15 Å². The van der Waals surface area contributed by atoms with E-state index in [0.29, 0.717) is 17.5 Å². The Morgan fingerprint density at radius 2 is 2.06 bits per heavy atom. The summed E-state index contributed by atoms with van der Waals surface area (Å²) in [6, 6.07) is 7.16. The average Bonchev–Trinajstić information content (AvgIpc) is 2.37. The van der Waals surface area contributed by atoms with Gasteiger partial charge in [0.05, 0.1) is 19.0 Å². The third-order valence-corrected chi connectivity index (χ3v) is 2.53. The molecule has 0 aromatic carbocycles.